The number of hydrogen-bond acceptors (Lipinski definition) is 8. The fourth-order valence-corrected chi connectivity index (χ4v) is 4.95. The third-order valence-electron chi connectivity index (χ3n) is 7.04. The van der Waals surface area contributed by atoms with Crippen LogP contribution in [0.3, 0.4) is 0 Å². The van der Waals surface area contributed by atoms with E-state index in [1.165, 1.54) is 56.5 Å². The number of carboxylic acids is 1. The monoisotopic (exact) mass is 612 g/mol. The zero-order chi connectivity index (χ0) is 30.8. The number of alkyl halides is 3. The Labute approximate surface area is 253 Å². The second-order valence-electron chi connectivity index (χ2n) is 10.2. The highest BCUT2D eigenvalue weighted by molar-refractivity contribution is 7.98. The van der Waals surface area contributed by atoms with Crippen LogP contribution in [0, 0.1) is 0 Å². The van der Waals surface area contributed by atoms with Gasteiger partial charge in [0.2, 0.25) is 0 Å². The Balaban J connectivity index is 0.000000541. The first-order valence-corrected chi connectivity index (χ1v) is 15.1. The Bertz CT molecular complexity index is 1480. The number of rotatable bonds is 9. The molecule has 2 N–H and O–H groups in total. The highest BCUT2D eigenvalue weighted by atomic mass is 32.2. The average Bonchev–Trinajstić information content (AvgIpc) is 3.01. The quantitative estimate of drug-likeness (QED) is 0.146. The van der Waals surface area contributed by atoms with Crippen LogP contribution in [0.2, 0.25) is 0 Å². The molecule has 0 spiro atoms. The fourth-order valence-electron chi connectivity index (χ4n) is 4.62. The Hall–Kier alpha value is -3.58. The first-order chi connectivity index (χ1) is 20.6. The van der Waals surface area contributed by atoms with Crippen molar-refractivity contribution in [2.75, 3.05) is 52.6 Å². The van der Waals surface area contributed by atoms with Crippen molar-refractivity contribution in [3.63, 3.8) is 0 Å². The van der Waals surface area contributed by atoms with Crippen LogP contribution in [0.25, 0.3) is 33.4 Å². The molecule has 1 saturated heterocycles. The van der Waals surface area contributed by atoms with E-state index in [1.54, 1.807) is 0 Å². The van der Waals surface area contributed by atoms with Gasteiger partial charge in [-0.25, -0.2) is 19.7 Å². The van der Waals surface area contributed by atoms with Crippen LogP contribution in [0.5, 0.6) is 0 Å². The lowest BCUT2D eigenvalue weighted by Crippen LogP contribution is -2.45. The lowest BCUT2D eigenvalue weighted by molar-refractivity contribution is -0.192. The number of fused-ring (bicyclic) bond motifs is 1. The third kappa shape index (κ3) is 9.45. The molecular weight excluding hydrogens is 577 g/mol. The first-order valence-electron chi connectivity index (χ1n) is 13.9. The summed E-state index contributed by atoms with van der Waals surface area (Å²) in [6.45, 7) is 7.84. The highest BCUT2D eigenvalue weighted by Crippen LogP contribution is 2.33. The van der Waals surface area contributed by atoms with Gasteiger partial charge < -0.3 is 20.2 Å². The molecule has 5 rings (SSSR count). The van der Waals surface area contributed by atoms with Crippen LogP contribution in [0.1, 0.15) is 12.0 Å². The topological polar surface area (TPSA) is 94.5 Å². The molecule has 0 bridgehead atoms. The summed E-state index contributed by atoms with van der Waals surface area (Å²) < 4.78 is 31.7. The maximum atomic E-state index is 10.6. The van der Waals surface area contributed by atoms with Gasteiger partial charge in [0, 0.05) is 55.4 Å². The van der Waals surface area contributed by atoms with Crippen molar-refractivity contribution < 1.29 is 23.1 Å². The van der Waals surface area contributed by atoms with Crippen molar-refractivity contribution in [2.45, 2.75) is 24.3 Å². The van der Waals surface area contributed by atoms with Crippen LogP contribution in [-0.2, 0) is 11.3 Å². The molecule has 0 amide bonds. The summed E-state index contributed by atoms with van der Waals surface area (Å²) in [6, 6.07) is 21.4. The summed E-state index contributed by atoms with van der Waals surface area (Å²) in [6.07, 6.45) is -0.0430. The zero-order valence-electron chi connectivity index (χ0n) is 24.1. The molecule has 12 heteroatoms. The predicted octanol–water partition coefficient (Wildman–Crippen LogP) is 5.44. The average molecular weight is 613 g/mol. The summed E-state index contributed by atoms with van der Waals surface area (Å²) >= 11 is 1.53. The van der Waals surface area contributed by atoms with E-state index in [1.807, 2.05) is 18.5 Å². The zero-order valence-corrected chi connectivity index (χ0v) is 25.0. The molecule has 8 nitrogen and oxygen atoms in total. The molecule has 0 saturated carbocycles. The normalized spacial score (nSPS) is 14.3. The van der Waals surface area contributed by atoms with Gasteiger partial charge in [-0.05, 0) is 50.0 Å². The minimum atomic E-state index is -5.08. The summed E-state index contributed by atoms with van der Waals surface area (Å²) in [5, 5.41) is 12.4. The molecule has 2 aromatic heterocycles. The predicted molar refractivity (Wildman–Crippen MR) is 164 cm³/mol. The number of aromatic nitrogens is 3. The first kappa shape index (κ1) is 32.3. The molecule has 0 radical (unpaired) electrons. The van der Waals surface area contributed by atoms with E-state index >= 15 is 0 Å². The van der Waals surface area contributed by atoms with Gasteiger partial charge >= 0.3 is 12.1 Å². The van der Waals surface area contributed by atoms with Crippen LogP contribution in [0.4, 0.5) is 13.2 Å². The Morgan fingerprint density at radius 2 is 1.67 bits per heavy atom. The molecule has 228 valence electrons. The number of nitrogens with zero attached hydrogens (tertiary/aromatic N) is 5. The van der Waals surface area contributed by atoms with Crippen molar-refractivity contribution in [1.29, 1.82) is 0 Å². The molecule has 0 atom stereocenters. The minimum Gasteiger partial charge on any atom is -0.475 e. The van der Waals surface area contributed by atoms with Gasteiger partial charge in [0.15, 0.2) is 10.8 Å². The molecule has 43 heavy (non-hydrogen) atoms. The van der Waals surface area contributed by atoms with Crippen molar-refractivity contribution in [1.82, 2.24) is 30.1 Å². The number of benzene rings is 2. The van der Waals surface area contributed by atoms with Crippen molar-refractivity contribution in [3.05, 3.63) is 72.4 Å². The van der Waals surface area contributed by atoms with E-state index in [0.29, 0.717) is 0 Å². The van der Waals surface area contributed by atoms with Gasteiger partial charge in [-0.3, -0.25) is 0 Å². The smallest absolute Gasteiger partial charge is 0.475 e. The third-order valence-corrected chi connectivity index (χ3v) is 7.60. The Kier molecular flexibility index (Phi) is 11.5. The van der Waals surface area contributed by atoms with Gasteiger partial charge in [0.05, 0.1) is 5.69 Å². The summed E-state index contributed by atoms with van der Waals surface area (Å²) in [5.41, 5.74) is 6.30. The maximum Gasteiger partial charge on any atom is 0.490 e. The van der Waals surface area contributed by atoms with Crippen LogP contribution < -0.4 is 5.32 Å². The lowest BCUT2D eigenvalue weighted by atomic mass is 9.98. The molecule has 1 aliphatic rings. The second kappa shape index (κ2) is 15.2. The molecule has 1 aliphatic heterocycles. The lowest BCUT2D eigenvalue weighted by Gasteiger charge is -2.32. The minimum absolute atomic E-state index is 0.732. The Morgan fingerprint density at radius 1 is 1.00 bits per heavy atom. The molecule has 0 unspecified atom stereocenters. The van der Waals surface area contributed by atoms with E-state index in [-0.39, 0.29) is 0 Å². The number of pyridine rings is 1. The number of carbonyl (C=O) groups is 1. The van der Waals surface area contributed by atoms with E-state index in [2.05, 4.69) is 86.7 Å². The fraction of sp³-hybridized carbons (Fsp3) is 0.355. The highest BCUT2D eigenvalue weighted by Gasteiger charge is 2.38. The number of nitrogens with one attached hydrogen (secondary N) is 1. The molecule has 3 heterocycles. The SMILES string of the molecule is CSc1ncc2cc(-c3ccccc3)c(-c3ccc(CNCCCN4CCN(C)CC4)cc3)nc2n1.O=C(O)C(F)(F)F. The largest absolute Gasteiger partial charge is 0.490 e. The number of aliphatic carboxylic acids is 1. The number of thioether (sulfide) groups is 1. The van der Waals surface area contributed by atoms with Crippen LogP contribution >= 0.6 is 11.8 Å². The van der Waals surface area contributed by atoms with Gasteiger partial charge in [-0.15, -0.1) is 0 Å². The van der Waals surface area contributed by atoms with E-state index in [4.69, 9.17) is 14.9 Å². The molecule has 1 fully saturated rings. The van der Waals surface area contributed by atoms with Crippen molar-refractivity contribution >= 4 is 28.8 Å². The van der Waals surface area contributed by atoms with Crippen LogP contribution in [0.15, 0.2) is 72.0 Å². The van der Waals surface area contributed by atoms with E-state index < -0.39 is 12.1 Å². The number of halogens is 3. The standard InChI is InChI=1S/C29H34N6S.C2HF3O2/c1-34-15-17-35(18-16-34)14-6-13-30-20-22-9-11-24(12-10-22)27-26(23-7-4-3-5-8-23)19-25-21-31-29(36-2)33-28(25)32-27;3-2(4,5)1(6)7/h3-5,7-12,19,21,30H,6,13-18,20H2,1-2H3;(H,6,7). The molecule has 2 aromatic carbocycles. The second-order valence-corrected chi connectivity index (χ2v) is 11.0. The van der Waals surface area contributed by atoms with Crippen molar-refractivity contribution in [3.8, 4) is 22.4 Å². The molecule has 0 aliphatic carbocycles. The maximum absolute atomic E-state index is 10.6. The van der Waals surface area contributed by atoms with Gasteiger partial charge in [0.25, 0.3) is 0 Å². The van der Waals surface area contributed by atoms with Gasteiger partial charge in [-0.2, -0.15) is 13.2 Å². The summed E-state index contributed by atoms with van der Waals surface area (Å²) in [7, 11) is 2.21. The number of piperazine rings is 1. The van der Waals surface area contributed by atoms with Crippen molar-refractivity contribution in [2.24, 2.45) is 0 Å². The van der Waals surface area contributed by atoms with Crippen LogP contribution in [-0.4, -0.2) is 94.6 Å². The number of hydrogen-bond donors (Lipinski definition) is 2. The van der Waals surface area contributed by atoms with Gasteiger partial charge in [-0.1, -0.05) is 66.4 Å². The summed E-state index contributed by atoms with van der Waals surface area (Å²) in [4.78, 5) is 28.0. The molecular formula is C31H35F3N6O2S. The number of carboxylic acid groups (broad SMARTS) is 1. The summed E-state index contributed by atoms with van der Waals surface area (Å²) in [5.74, 6) is -2.76. The van der Waals surface area contributed by atoms with E-state index in [9.17, 15) is 13.2 Å². The van der Waals surface area contributed by atoms with E-state index in [0.717, 1.165) is 51.7 Å². The molecule has 4 aromatic rings. The van der Waals surface area contributed by atoms with Gasteiger partial charge in [0.1, 0.15) is 0 Å². The Morgan fingerprint density at radius 3 is 2.30 bits per heavy atom. The number of likely N-dealkylation sites (N-methyl/N-ethyl adjacent to an activating group) is 1.